The number of carbonyl (C=O) groups excluding carboxylic acids is 1. The van der Waals surface area contributed by atoms with Crippen LogP contribution in [0.4, 0.5) is 0 Å². The van der Waals surface area contributed by atoms with Gasteiger partial charge in [-0.2, -0.15) is 0 Å². The highest BCUT2D eigenvalue weighted by Crippen LogP contribution is 2.18. The molecule has 17 heavy (non-hydrogen) atoms. The van der Waals surface area contributed by atoms with Gasteiger partial charge in [-0.15, -0.1) is 11.3 Å². The van der Waals surface area contributed by atoms with Crippen molar-refractivity contribution in [2.24, 2.45) is 5.92 Å². The number of nitrogens with zero attached hydrogens (tertiary/aromatic N) is 1. The number of rotatable bonds is 5. The fraction of sp³-hybridized carbons (Fsp3) is 0.500. The first kappa shape index (κ1) is 13.7. The molecule has 0 aromatic carbocycles. The van der Waals surface area contributed by atoms with Gasteiger partial charge >= 0.3 is 5.97 Å². The summed E-state index contributed by atoms with van der Waals surface area (Å²) in [7, 11) is 0. The summed E-state index contributed by atoms with van der Waals surface area (Å²) in [5.74, 6) is -0.669. The van der Waals surface area contributed by atoms with Gasteiger partial charge in [0.15, 0.2) is 0 Å². The van der Waals surface area contributed by atoms with Gasteiger partial charge in [0.2, 0.25) is 0 Å². The third-order valence-corrected chi connectivity index (χ3v) is 3.34. The molecule has 94 valence electrons. The van der Waals surface area contributed by atoms with Crippen LogP contribution in [-0.4, -0.2) is 35.0 Å². The lowest BCUT2D eigenvalue weighted by Gasteiger charge is -2.22. The fourth-order valence-corrected chi connectivity index (χ4v) is 2.33. The summed E-state index contributed by atoms with van der Waals surface area (Å²) in [5, 5.41) is 8.81. The van der Waals surface area contributed by atoms with Crippen molar-refractivity contribution >= 4 is 23.2 Å². The van der Waals surface area contributed by atoms with Crippen molar-refractivity contribution in [1.29, 1.82) is 0 Å². The summed E-state index contributed by atoms with van der Waals surface area (Å²) in [6.07, 6.45) is 0. The molecule has 1 aromatic heterocycles. The van der Waals surface area contributed by atoms with E-state index in [1.165, 1.54) is 6.07 Å². The standard InChI is InChI=1S/C12H17NO3S/c1-4-13(7-8(2)3)11(14)9-5-6-10(17-9)12(15)16/h5-6,8H,4,7H2,1-3H3,(H,15,16). The van der Waals surface area contributed by atoms with E-state index in [4.69, 9.17) is 5.11 Å². The Hall–Kier alpha value is -1.36. The van der Waals surface area contributed by atoms with Gasteiger partial charge < -0.3 is 10.0 Å². The van der Waals surface area contributed by atoms with Crippen molar-refractivity contribution < 1.29 is 14.7 Å². The topological polar surface area (TPSA) is 57.6 Å². The van der Waals surface area contributed by atoms with Crippen molar-refractivity contribution in [3.05, 3.63) is 21.9 Å². The molecule has 0 saturated carbocycles. The van der Waals surface area contributed by atoms with E-state index in [0.29, 0.717) is 23.9 Å². The molecule has 1 aromatic rings. The number of carboxylic acids is 1. The van der Waals surface area contributed by atoms with Crippen LogP contribution in [0, 0.1) is 5.92 Å². The van der Waals surface area contributed by atoms with Crippen LogP contribution in [0.1, 0.15) is 40.1 Å². The normalized spacial score (nSPS) is 10.6. The first-order valence-electron chi connectivity index (χ1n) is 5.58. The van der Waals surface area contributed by atoms with Crippen molar-refractivity contribution in [1.82, 2.24) is 4.90 Å². The van der Waals surface area contributed by atoms with Crippen molar-refractivity contribution in [3.8, 4) is 0 Å². The fourth-order valence-electron chi connectivity index (χ4n) is 1.52. The lowest BCUT2D eigenvalue weighted by molar-refractivity contribution is 0.0701. The first-order valence-corrected chi connectivity index (χ1v) is 6.39. The highest BCUT2D eigenvalue weighted by atomic mass is 32.1. The number of hydrogen-bond donors (Lipinski definition) is 1. The van der Waals surface area contributed by atoms with E-state index >= 15 is 0 Å². The van der Waals surface area contributed by atoms with Crippen LogP contribution in [0.5, 0.6) is 0 Å². The summed E-state index contributed by atoms with van der Waals surface area (Å²) >= 11 is 1.03. The van der Waals surface area contributed by atoms with E-state index in [9.17, 15) is 9.59 Å². The minimum atomic E-state index is -0.985. The monoisotopic (exact) mass is 255 g/mol. The Morgan fingerprint density at radius 3 is 2.35 bits per heavy atom. The lowest BCUT2D eigenvalue weighted by atomic mass is 10.2. The molecule has 0 atom stereocenters. The minimum absolute atomic E-state index is 0.0845. The van der Waals surface area contributed by atoms with Crippen LogP contribution in [0.25, 0.3) is 0 Å². The Kier molecular flexibility index (Phi) is 4.69. The highest BCUT2D eigenvalue weighted by molar-refractivity contribution is 7.15. The minimum Gasteiger partial charge on any atom is -0.477 e. The number of amides is 1. The second-order valence-corrected chi connectivity index (χ2v) is 5.29. The number of carboxylic acid groups (broad SMARTS) is 1. The Morgan fingerprint density at radius 1 is 1.35 bits per heavy atom. The van der Waals surface area contributed by atoms with Crippen LogP contribution in [0.2, 0.25) is 0 Å². The Bertz CT molecular complexity index is 412. The molecule has 1 amide bonds. The molecule has 0 aliphatic carbocycles. The van der Waals surface area contributed by atoms with Gasteiger partial charge in [-0.1, -0.05) is 13.8 Å². The van der Waals surface area contributed by atoms with Gasteiger partial charge in [-0.05, 0) is 25.0 Å². The molecule has 0 radical (unpaired) electrons. The quantitative estimate of drug-likeness (QED) is 0.879. The second kappa shape index (κ2) is 5.82. The summed E-state index contributed by atoms with van der Waals surface area (Å²) < 4.78 is 0. The molecule has 5 heteroatoms. The molecular formula is C12H17NO3S. The van der Waals surface area contributed by atoms with Gasteiger partial charge in [0.25, 0.3) is 5.91 Å². The van der Waals surface area contributed by atoms with Crippen LogP contribution >= 0.6 is 11.3 Å². The Morgan fingerprint density at radius 2 is 1.94 bits per heavy atom. The maximum Gasteiger partial charge on any atom is 0.345 e. The van der Waals surface area contributed by atoms with Crippen LogP contribution in [0.3, 0.4) is 0 Å². The molecule has 0 bridgehead atoms. The molecule has 1 heterocycles. The van der Waals surface area contributed by atoms with E-state index in [2.05, 4.69) is 0 Å². The van der Waals surface area contributed by atoms with Gasteiger partial charge in [0.05, 0.1) is 4.88 Å². The number of aromatic carboxylic acids is 1. The predicted octanol–water partition coefficient (Wildman–Crippen LogP) is 2.56. The average molecular weight is 255 g/mol. The van der Waals surface area contributed by atoms with E-state index in [0.717, 1.165) is 11.3 Å². The zero-order valence-corrected chi connectivity index (χ0v) is 11.1. The van der Waals surface area contributed by atoms with Crippen molar-refractivity contribution in [2.45, 2.75) is 20.8 Å². The summed E-state index contributed by atoms with van der Waals surface area (Å²) in [4.78, 5) is 25.3. The number of thiophene rings is 1. The number of hydrogen-bond acceptors (Lipinski definition) is 3. The summed E-state index contributed by atoms with van der Waals surface area (Å²) in [5.41, 5.74) is 0. The third kappa shape index (κ3) is 3.56. The summed E-state index contributed by atoms with van der Waals surface area (Å²) in [6, 6.07) is 3.06. The Balaban J connectivity index is 2.82. The van der Waals surface area contributed by atoms with Gasteiger partial charge in [-0.25, -0.2) is 4.79 Å². The van der Waals surface area contributed by atoms with Crippen molar-refractivity contribution in [3.63, 3.8) is 0 Å². The smallest absolute Gasteiger partial charge is 0.345 e. The van der Waals surface area contributed by atoms with Crippen LogP contribution < -0.4 is 0 Å². The lowest BCUT2D eigenvalue weighted by Crippen LogP contribution is -2.33. The van der Waals surface area contributed by atoms with E-state index < -0.39 is 5.97 Å². The zero-order chi connectivity index (χ0) is 13.0. The molecule has 0 aliphatic heterocycles. The third-order valence-electron chi connectivity index (χ3n) is 2.28. The largest absolute Gasteiger partial charge is 0.477 e. The van der Waals surface area contributed by atoms with Gasteiger partial charge in [0, 0.05) is 13.1 Å². The molecule has 0 saturated heterocycles. The Labute approximate surface area is 105 Å². The van der Waals surface area contributed by atoms with E-state index in [-0.39, 0.29) is 10.8 Å². The van der Waals surface area contributed by atoms with Crippen LogP contribution in [0.15, 0.2) is 12.1 Å². The molecular weight excluding hydrogens is 238 g/mol. The average Bonchev–Trinajstić information content (AvgIpc) is 2.73. The maximum absolute atomic E-state index is 12.1. The molecule has 0 aliphatic rings. The molecule has 0 spiro atoms. The van der Waals surface area contributed by atoms with Crippen molar-refractivity contribution in [2.75, 3.05) is 13.1 Å². The predicted molar refractivity (Wildman–Crippen MR) is 67.7 cm³/mol. The van der Waals surface area contributed by atoms with Gasteiger partial charge in [-0.3, -0.25) is 4.79 Å². The SMILES string of the molecule is CCN(CC(C)C)C(=O)c1ccc(C(=O)O)s1. The molecule has 0 fully saturated rings. The molecule has 1 N–H and O–H groups in total. The summed E-state index contributed by atoms with van der Waals surface area (Å²) in [6.45, 7) is 7.35. The molecule has 1 rings (SSSR count). The maximum atomic E-state index is 12.1. The van der Waals surface area contributed by atoms with E-state index in [1.807, 2.05) is 20.8 Å². The zero-order valence-electron chi connectivity index (χ0n) is 10.3. The highest BCUT2D eigenvalue weighted by Gasteiger charge is 2.18. The molecule has 0 unspecified atom stereocenters. The molecule has 4 nitrogen and oxygen atoms in total. The second-order valence-electron chi connectivity index (χ2n) is 4.21. The van der Waals surface area contributed by atoms with Gasteiger partial charge in [0.1, 0.15) is 4.88 Å². The van der Waals surface area contributed by atoms with Crippen LogP contribution in [-0.2, 0) is 0 Å². The first-order chi connectivity index (χ1) is 7.95. The van der Waals surface area contributed by atoms with E-state index in [1.54, 1.807) is 11.0 Å². The number of carbonyl (C=O) groups is 2.